The summed E-state index contributed by atoms with van der Waals surface area (Å²) in [5.41, 5.74) is 1.77. The molecule has 1 aromatic carbocycles. The fourth-order valence-electron chi connectivity index (χ4n) is 3.78. The van der Waals surface area contributed by atoms with Crippen LogP contribution in [-0.2, 0) is 10.0 Å². The molecule has 132 valence electrons. The van der Waals surface area contributed by atoms with Gasteiger partial charge in [-0.3, -0.25) is 9.52 Å². The zero-order valence-corrected chi connectivity index (χ0v) is 15.2. The van der Waals surface area contributed by atoms with Crippen molar-refractivity contribution in [2.24, 2.45) is 0 Å². The SMILES string of the molecule is Cc1ccc(C(=O)N(C)C2CC3CCC(C2)N3)cc1NS(C)(=O)=O. The van der Waals surface area contributed by atoms with E-state index in [0.29, 0.717) is 23.3 Å². The normalized spacial score (nSPS) is 26.2. The summed E-state index contributed by atoms with van der Waals surface area (Å²) in [5, 5.41) is 3.58. The highest BCUT2D eigenvalue weighted by Crippen LogP contribution is 2.30. The van der Waals surface area contributed by atoms with Crippen LogP contribution in [0.1, 0.15) is 41.6 Å². The molecule has 0 saturated carbocycles. The highest BCUT2D eigenvalue weighted by atomic mass is 32.2. The topological polar surface area (TPSA) is 78.5 Å². The van der Waals surface area contributed by atoms with Crippen molar-refractivity contribution in [3.05, 3.63) is 29.3 Å². The van der Waals surface area contributed by atoms with E-state index in [2.05, 4.69) is 10.0 Å². The number of benzene rings is 1. The van der Waals surface area contributed by atoms with Gasteiger partial charge >= 0.3 is 0 Å². The van der Waals surface area contributed by atoms with E-state index in [4.69, 9.17) is 0 Å². The Hall–Kier alpha value is -1.60. The summed E-state index contributed by atoms with van der Waals surface area (Å²) in [4.78, 5) is 14.7. The fraction of sp³-hybridized carbons (Fsp3) is 0.588. The highest BCUT2D eigenvalue weighted by Gasteiger charge is 2.36. The Morgan fingerprint density at radius 1 is 1.25 bits per heavy atom. The van der Waals surface area contributed by atoms with Gasteiger partial charge in [0.25, 0.3) is 5.91 Å². The van der Waals surface area contributed by atoms with Crippen molar-refractivity contribution in [3.8, 4) is 0 Å². The van der Waals surface area contributed by atoms with Gasteiger partial charge in [-0.05, 0) is 50.3 Å². The number of amides is 1. The van der Waals surface area contributed by atoms with Crippen LogP contribution in [0.15, 0.2) is 18.2 Å². The molecule has 0 spiro atoms. The third-order valence-corrected chi connectivity index (χ3v) is 5.69. The van der Waals surface area contributed by atoms with Gasteiger partial charge in [0, 0.05) is 30.7 Å². The van der Waals surface area contributed by atoms with Crippen molar-refractivity contribution in [2.45, 2.75) is 50.7 Å². The van der Waals surface area contributed by atoms with Gasteiger partial charge in [-0.25, -0.2) is 8.42 Å². The second-order valence-electron chi connectivity index (χ2n) is 7.08. The van der Waals surface area contributed by atoms with Crippen LogP contribution in [0.5, 0.6) is 0 Å². The Morgan fingerprint density at radius 3 is 2.46 bits per heavy atom. The van der Waals surface area contributed by atoms with Gasteiger partial charge in [0.1, 0.15) is 0 Å². The lowest BCUT2D eigenvalue weighted by molar-refractivity contribution is 0.0681. The van der Waals surface area contributed by atoms with Gasteiger partial charge in [0.05, 0.1) is 11.9 Å². The maximum Gasteiger partial charge on any atom is 0.253 e. The first-order chi connectivity index (χ1) is 11.2. The minimum absolute atomic E-state index is 0.0575. The van der Waals surface area contributed by atoms with E-state index in [1.165, 1.54) is 12.8 Å². The maximum atomic E-state index is 12.8. The van der Waals surface area contributed by atoms with Crippen LogP contribution in [0.2, 0.25) is 0 Å². The highest BCUT2D eigenvalue weighted by molar-refractivity contribution is 7.92. The number of hydrogen-bond donors (Lipinski definition) is 2. The first-order valence-electron chi connectivity index (χ1n) is 8.34. The van der Waals surface area contributed by atoms with Crippen LogP contribution in [0.25, 0.3) is 0 Å². The molecule has 0 radical (unpaired) electrons. The number of rotatable bonds is 4. The third kappa shape index (κ3) is 3.72. The number of hydrogen-bond acceptors (Lipinski definition) is 4. The van der Waals surface area contributed by atoms with E-state index in [9.17, 15) is 13.2 Å². The van der Waals surface area contributed by atoms with E-state index in [1.54, 1.807) is 18.2 Å². The number of fused-ring (bicyclic) bond motifs is 2. The molecule has 2 aliphatic rings. The van der Waals surface area contributed by atoms with Crippen LogP contribution in [-0.4, -0.2) is 50.7 Å². The number of anilines is 1. The Labute approximate surface area is 143 Å². The molecular weight excluding hydrogens is 326 g/mol. The summed E-state index contributed by atoms with van der Waals surface area (Å²) < 4.78 is 25.4. The number of piperidine rings is 1. The first-order valence-corrected chi connectivity index (χ1v) is 10.2. The Bertz CT molecular complexity index is 735. The molecule has 0 aromatic heterocycles. The Kier molecular flexibility index (Phi) is 4.57. The number of nitrogens with one attached hydrogen (secondary N) is 2. The van der Waals surface area contributed by atoms with Crippen molar-refractivity contribution in [2.75, 3.05) is 18.0 Å². The van der Waals surface area contributed by atoms with Crippen molar-refractivity contribution >= 4 is 21.6 Å². The Balaban J connectivity index is 1.78. The van der Waals surface area contributed by atoms with E-state index in [0.717, 1.165) is 24.7 Å². The lowest BCUT2D eigenvalue weighted by Gasteiger charge is -2.35. The number of nitrogens with zero attached hydrogens (tertiary/aromatic N) is 1. The molecular formula is C17H25N3O3S. The fourth-order valence-corrected chi connectivity index (χ4v) is 4.40. The predicted molar refractivity (Wildman–Crippen MR) is 94.7 cm³/mol. The average molecular weight is 351 g/mol. The van der Waals surface area contributed by atoms with Crippen LogP contribution < -0.4 is 10.0 Å². The molecule has 1 aromatic rings. The molecule has 2 unspecified atom stereocenters. The zero-order chi connectivity index (χ0) is 17.5. The minimum Gasteiger partial charge on any atom is -0.339 e. The number of aryl methyl sites for hydroxylation is 1. The van der Waals surface area contributed by atoms with Crippen molar-refractivity contribution in [1.82, 2.24) is 10.2 Å². The molecule has 6 nitrogen and oxygen atoms in total. The van der Waals surface area contributed by atoms with Gasteiger partial charge in [-0.15, -0.1) is 0 Å². The lowest BCUT2D eigenvalue weighted by Crippen LogP contribution is -2.48. The number of carbonyl (C=O) groups is 1. The van der Waals surface area contributed by atoms with Crippen LogP contribution in [0.3, 0.4) is 0 Å². The van der Waals surface area contributed by atoms with Gasteiger partial charge in [-0.2, -0.15) is 0 Å². The van der Waals surface area contributed by atoms with E-state index >= 15 is 0 Å². The van der Waals surface area contributed by atoms with Crippen molar-refractivity contribution in [3.63, 3.8) is 0 Å². The summed E-state index contributed by atoms with van der Waals surface area (Å²) in [6.07, 6.45) is 5.46. The molecule has 3 rings (SSSR count). The monoisotopic (exact) mass is 351 g/mol. The van der Waals surface area contributed by atoms with Crippen LogP contribution in [0.4, 0.5) is 5.69 Å². The standard InChI is InChI=1S/C17H25N3O3S/c1-11-4-5-12(8-16(11)19-24(3,22)23)17(21)20(2)15-9-13-6-7-14(10-15)18-13/h4-5,8,13-15,18-19H,6-7,9-10H2,1-3H3. The van der Waals surface area contributed by atoms with E-state index in [-0.39, 0.29) is 11.9 Å². The van der Waals surface area contributed by atoms with Gasteiger partial charge < -0.3 is 10.2 Å². The lowest BCUT2D eigenvalue weighted by atomic mass is 9.97. The summed E-state index contributed by atoms with van der Waals surface area (Å²) in [6.45, 7) is 1.82. The summed E-state index contributed by atoms with van der Waals surface area (Å²) in [7, 11) is -1.52. The quantitative estimate of drug-likeness (QED) is 0.866. The smallest absolute Gasteiger partial charge is 0.253 e. The molecule has 2 N–H and O–H groups in total. The molecule has 2 atom stereocenters. The second kappa shape index (κ2) is 6.37. The Morgan fingerprint density at radius 2 is 1.88 bits per heavy atom. The van der Waals surface area contributed by atoms with Crippen molar-refractivity contribution < 1.29 is 13.2 Å². The zero-order valence-electron chi connectivity index (χ0n) is 14.4. The molecule has 0 aliphatic carbocycles. The van der Waals surface area contributed by atoms with Crippen molar-refractivity contribution in [1.29, 1.82) is 0 Å². The average Bonchev–Trinajstić information content (AvgIpc) is 2.85. The summed E-state index contributed by atoms with van der Waals surface area (Å²) in [5.74, 6) is -0.0575. The molecule has 7 heteroatoms. The number of sulfonamides is 1. The molecule has 2 heterocycles. The molecule has 2 saturated heterocycles. The van der Waals surface area contributed by atoms with Gasteiger partial charge in [0.15, 0.2) is 0 Å². The second-order valence-corrected chi connectivity index (χ2v) is 8.83. The molecule has 2 bridgehead atoms. The van der Waals surface area contributed by atoms with E-state index < -0.39 is 10.0 Å². The maximum absolute atomic E-state index is 12.8. The third-order valence-electron chi connectivity index (χ3n) is 5.10. The van der Waals surface area contributed by atoms with Crippen LogP contribution >= 0.6 is 0 Å². The molecule has 24 heavy (non-hydrogen) atoms. The first kappa shape index (κ1) is 17.2. The van der Waals surface area contributed by atoms with Gasteiger partial charge in [0.2, 0.25) is 10.0 Å². The van der Waals surface area contributed by atoms with Crippen LogP contribution in [0, 0.1) is 6.92 Å². The molecule has 1 amide bonds. The number of carbonyl (C=O) groups excluding carboxylic acids is 1. The largest absolute Gasteiger partial charge is 0.339 e. The van der Waals surface area contributed by atoms with E-state index in [1.807, 2.05) is 18.9 Å². The predicted octanol–water partition coefficient (Wildman–Crippen LogP) is 1.72. The van der Waals surface area contributed by atoms with Gasteiger partial charge in [-0.1, -0.05) is 6.07 Å². The molecule has 2 aliphatic heterocycles. The molecule has 2 fully saturated rings. The summed E-state index contributed by atoms with van der Waals surface area (Å²) in [6, 6.07) is 6.45. The minimum atomic E-state index is -3.37. The summed E-state index contributed by atoms with van der Waals surface area (Å²) >= 11 is 0.